The lowest BCUT2D eigenvalue weighted by molar-refractivity contribution is -0.395. The van der Waals surface area contributed by atoms with Gasteiger partial charge in [0, 0.05) is 18.2 Å². The van der Waals surface area contributed by atoms with E-state index in [9.17, 15) is 50.4 Å². The molecule has 1 aromatic carbocycles. The number of allylic oxidation sites excluding steroid dienone is 8. The molecule has 0 unspecified atom stereocenters. The van der Waals surface area contributed by atoms with Crippen LogP contribution in [-0.2, 0) is 50.4 Å². The van der Waals surface area contributed by atoms with E-state index in [1.807, 2.05) is 18.2 Å². The summed E-state index contributed by atoms with van der Waals surface area (Å²) in [6.07, 6.45) is 8.41. The maximum absolute atomic E-state index is 13.3. The summed E-state index contributed by atoms with van der Waals surface area (Å²) in [6.45, 7) is 2.42. The molecule has 4 rings (SSSR count). The average Bonchev–Trinajstić information content (AvgIpc) is 3.58. The molecule has 1 spiro atoms. The van der Waals surface area contributed by atoms with Crippen LogP contribution in [0, 0.1) is 0 Å². The number of carbonyl (C=O) groups is 2. The number of esters is 2. The minimum absolute atomic E-state index is 0.108. The van der Waals surface area contributed by atoms with Crippen molar-refractivity contribution in [1.29, 1.82) is 0 Å². The predicted octanol–water partition coefficient (Wildman–Crippen LogP) is 2.65. The molecule has 59 heavy (non-hydrogen) atoms. The Balaban J connectivity index is 1.53. The fraction of sp³-hybridized carbons (Fsp3) is 0.535. The molecule has 2 fully saturated rings. The van der Waals surface area contributed by atoms with E-state index in [1.165, 1.54) is 24.3 Å². The SMILES string of the molecule is CCC/C=C/C=C/[C@@H](O)C/C=C/C=C/C(=O)O[C@H]1[C@H](O[C@@H]2O[C@H](COC(=O)/C=C/C=C\CCCCC)[C@H](O)[C@H](O)[C@H]2O)[C@@H](CO)O[C@]2(OCc3cc(O)cc(O)c32)[C@@H]1O. The molecule has 0 aliphatic carbocycles. The number of ether oxygens (including phenoxy) is 6. The summed E-state index contributed by atoms with van der Waals surface area (Å²) in [5, 5.41) is 86.0. The van der Waals surface area contributed by atoms with Crippen LogP contribution in [0.25, 0.3) is 0 Å². The highest BCUT2D eigenvalue weighted by Gasteiger charge is 2.63. The minimum Gasteiger partial charge on any atom is -0.508 e. The van der Waals surface area contributed by atoms with Crippen LogP contribution in [0.15, 0.2) is 85.0 Å². The van der Waals surface area contributed by atoms with Crippen LogP contribution in [0.4, 0.5) is 0 Å². The van der Waals surface area contributed by atoms with Gasteiger partial charge in [0.15, 0.2) is 18.5 Å². The predicted molar refractivity (Wildman–Crippen MR) is 211 cm³/mol. The zero-order chi connectivity index (χ0) is 43.0. The van der Waals surface area contributed by atoms with Gasteiger partial charge in [-0.2, -0.15) is 0 Å². The maximum atomic E-state index is 13.3. The van der Waals surface area contributed by atoms with Gasteiger partial charge in [0.05, 0.1) is 24.9 Å². The van der Waals surface area contributed by atoms with Gasteiger partial charge in [-0.3, -0.25) is 0 Å². The summed E-state index contributed by atoms with van der Waals surface area (Å²) in [5.41, 5.74) is 0.114. The van der Waals surface area contributed by atoms with Crippen LogP contribution in [0.1, 0.15) is 69.9 Å². The molecule has 326 valence electrons. The van der Waals surface area contributed by atoms with Gasteiger partial charge in [-0.05, 0) is 37.3 Å². The molecule has 0 aromatic heterocycles. The third kappa shape index (κ3) is 12.9. The number of phenolic OH excluding ortho intramolecular Hbond substituents is 2. The van der Waals surface area contributed by atoms with Crippen molar-refractivity contribution in [3.05, 3.63) is 96.2 Å². The molecule has 0 radical (unpaired) electrons. The molecule has 0 saturated carbocycles. The number of unbranched alkanes of at least 4 members (excludes halogenated alkanes) is 4. The minimum atomic E-state index is -2.26. The van der Waals surface area contributed by atoms with Crippen LogP contribution in [0.3, 0.4) is 0 Å². The van der Waals surface area contributed by atoms with Crippen molar-refractivity contribution >= 4 is 11.9 Å². The van der Waals surface area contributed by atoms with Crippen molar-refractivity contribution in [1.82, 2.24) is 0 Å². The number of aromatic hydroxyl groups is 2. The first kappa shape index (κ1) is 47.5. The Morgan fingerprint density at radius 1 is 0.847 bits per heavy atom. The highest BCUT2D eigenvalue weighted by atomic mass is 16.8. The fourth-order valence-corrected chi connectivity index (χ4v) is 6.75. The van der Waals surface area contributed by atoms with Crippen LogP contribution in [0.2, 0.25) is 0 Å². The van der Waals surface area contributed by atoms with E-state index < -0.39 is 97.9 Å². The Hall–Kier alpha value is -4.20. The van der Waals surface area contributed by atoms with Gasteiger partial charge in [0.1, 0.15) is 54.7 Å². The van der Waals surface area contributed by atoms with Crippen molar-refractivity contribution in [2.24, 2.45) is 0 Å². The van der Waals surface area contributed by atoms with E-state index in [4.69, 9.17) is 28.4 Å². The normalized spacial score (nSPS) is 30.5. The van der Waals surface area contributed by atoms with E-state index in [1.54, 1.807) is 24.3 Å². The van der Waals surface area contributed by atoms with Crippen LogP contribution < -0.4 is 0 Å². The Bertz CT molecular complexity index is 1690. The fourth-order valence-electron chi connectivity index (χ4n) is 6.75. The zero-order valence-electron chi connectivity index (χ0n) is 33.3. The lowest BCUT2D eigenvalue weighted by Crippen LogP contribution is -2.67. The molecule has 3 aliphatic rings. The number of aliphatic hydroxyl groups is 6. The molecule has 2 saturated heterocycles. The Morgan fingerprint density at radius 2 is 1.56 bits per heavy atom. The molecule has 3 heterocycles. The van der Waals surface area contributed by atoms with E-state index in [2.05, 4.69) is 13.8 Å². The lowest BCUT2D eigenvalue weighted by Gasteiger charge is -2.50. The topological polar surface area (TPSA) is 251 Å². The van der Waals surface area contributed by atoms with E-state index in [0.717, 1.165) is 56.7 Å². The van der Waals surface area contributed by atoms with Crippen molar-refractivity contribution in [2.45, 2.75) is 132 Å². The second-order valence-electron chi connectivity index (χ2n) is 14.4. The van der Waals surface area contributed by atoms with Crippen molar-refractivity contribution in [3.8, 4) is 11.5 Å². The second-order valence-corrected chi connectivity index (χ2v) is 14.4. The van der Waals surface area contributed by atoms with Crippen molar-refractivity contribution < 1.29 is 78.9 Å². The summed E-state index contributed by atoms with van der Waals surface area (Å²) in [4.78, 5) is 25.7. The number of aliphatic hydroxyl groups excluding tert-OH is 6. The molecular formula is C43H58O16. The molecule has 16 heteroatoms. The van der Waals surface area contributed by atoms with Gasteiger partial charge in [-0.1, -0.05) is 93.9 Å². The van der Waals surface area contributed by atoms with E-state index in [0.29, 0.717) is 0 Å². The quantitative estimate of drug-likeness (QED) is 0.0407. The largest absolute Gasteiger partial charge is 0.508 e. The Labute approximate surface area is 343 Å². The number of carbonyl (C=O) groups excluding carboxylic acids is 2. The molecule has 1 aromatic rings. The van der Waals surface area contributed by atoms with Crippen molar-refractivity contribution in [3.63, 3.8) is 0 Å². The number of fused-ring (bicyclic) bond motifs is 2. The van der Waals surface area contributed by atoms with Crippen LogP contribution in [0.5, 0.6) is 11.5 Å². The lowest BCUT2D eigenvalue weighted by atomic mass is 9.86. The van der Waals surface area contributed by atoms with Gasteiger partial charge in [0.2, 0.25) is 5.79 Å². The van der Waals surface area contributed by atoms with Gasteiger partial charge in [0.25, 0.3) is 0 Å². The van der Waals surface area contributed by atoms with E-state index in [-0.39, 0.29) is 29.9 Å². The Kier molecular flexibility index (Phi) is 19.0. The summed E-state index contributed by atoms with van der Waals surface area (Å²) in [6, 6.07) is 2.26. The average molecular weight is 831 g/mol. The molecule has 0 bridgehead atoms. The second kappa shape index (κ2) is 23.6. The Morgan fingerprint density at radius 3 is 2.29 bits per heavy atom. The number of phenols is 2. The van der Waals surface area contributed by atoms with Gasteiger partial charge in [-0.25, -0.2) is 9.59 Å². The van der Waals surface area contributed by atoms with Crippen LogP contribution >= 0.6 is 0 Å². The monoisotopic (exact) mass is 830 g/mol. The van der Waals surface area contributed by atoms with Gasteiger partial charge < -0.3 is 69.3 Å². The van der Waals surface area contributed by atoms with Crippen LogP contribution in [-0.4, -0.2) is 127 Å². The molecule has 16 nitrogen and oxygen atoms in total. The van der Waals surface area contributed by atoms with Gasteiger partial charge >= 0.3 is 11.9 Å². The smallest absolute Gasteiger partial charge is 0.331 e. The number of hydrogen-bond donors (Lipinski definition) is 8. The van der Waals surface area contributed by atoms with Crippen molar-refractivity contribution in [2.75, 3.05) is 13.2 Å². The number of rotatable bonds is 20. The third-order valence-corrected chi connectivity index (χ3v) is 9.82. The number of hydrogen-bond acceptors (Lipinski definition) is 16. The summed E-state index contributed by atoms with van der Waals surface area (Å²) in [7, 11) is 0. The standard InChI is InChI=1S/C43H58O16/c1-3-5-7-9-10-12-16-20-33(48)54-26-32-36(50)37(51)38(52)42(56-32)58-39-31(24-44)59-43(35-27(25-55-43)22-29(46)23-30(35)47)41(53)40(39)57-34(49)21-17-13-15-19-28(45)18-14-11-8-6-4-2/h8,10-18,20-23,28,31-32,36-42,44-47,50-53H,3-7,9,19,24-26H2,1-2H3/b11-8+,12-10-,15-13+,18-14+,20-16+,21-17+/t28-,31-,32-,36+,37+,38-,39-,40+,41-,42+,43+/m1/s1. The maximum Gasteiger partial charge on any atom is 0.331 e. The zero-order valence-corrected chi connectivity index (χ0v) is 33.3. The highest BCUT2D eigenvalue weighted by Crippen LogP contribution is 2.51. The summed E-state index contributed by atoms with van der Waals surface area (Å²) in [5.74, 6) is -4.91. The van der Waals surface area contributed by atoms with Gasteiger partial charge in [-0.15, -0.1) is 0 Å². The summed E-state index contributed by atoms with van der Waals surface area (Å²) < 4.78 is 34.6. The number of benzene rings is 1. The first-order valence-corrected chi connectivity index (χ1v) is 19.9. The molecule has 0 amide bonds. The first-order valence-electron chi connectivity index (χ1n) is 19.9. The van der Waals surface area contributed by atoms with E-state index >= 15 is 0 Å². The molecule has 11 atom stereocenters. The third-order valence-electron chi connectivity index (χ3n) is 9.82. The molecule has 3 aliphatic heterocycles. The molecule has 8 N–H and O–H groups in total. The highest BCUT2D eigenvalue weighted by molar-refractivity contribution is 5.82. The summed E-state index contributed by atoms with van der Waals surface area (Å²) >= 11 is 0. The molecular weight excluding hydrogens is 772 g/mol. The first-order chi connectivity index (χ1) is 28.4.